The van der Waals surface area contributed by atoms with Gasteiger partial charge in [0.15, 0.2) is 11.6 Å². The minimum absolute atomic E-state index is 0.499. The maximum atomic E-state index is 13.0. The molecule has 0 aliphatic carbocycles. The lowest BCUT2D eigenvalue weighted by Crippen LogP contribution is -2.53. The Balaban J connectivity index is 1.70. The third-order valence-electron chi connectivity index (χ3n) is 3.60. The SMILES string of the molecule is CN1CCNCC1CNCCc1ccc(F)c(F)c1. The molecule has 1 fully saturated rings. The molecule has 1 unspecified atom stereocenters. The Bertz CT molecular complexity index is 412. The van der Waals surface area contributed by atoms with E-state index in [0.717, 1.165) is 38.3 Å². The number of nitrogens with one attached hydrogen (secondary N) is 2. The van der Waals surface area contributed by atoms with E-state index in [4.69, 9.17) is 0 Å². The van der Waals surface area contributed by atoms with Gasteiger partial charge in [-0.1, -0.05) is 6.07 Å². The number of nitrogens with zero attached hydrogens (tertiary/aromatic N) is 1. The van der Waals surface area contributed by atoms with Crippen LogP contribution in [0.5, 0.6) is 0 Å². The second kappa shape index (κ2) is 6.93. The largest absolute Gasteiger partial charge is 0.315 e. The van der Waals surface area contributed by atoms with E-state index in [0.29, 0.717) is 12.5 Å². The number of benzene rings is 1. The highest BCUT2D eigenvalue weighted by atomic mass is 19.2. The summed E-state index contributed by atoms with van der Waals surface area (Å²) in [5, 5.41) is 6.73. The van der Waals surface area contributed by atoms with E-state index in [2.05, 4.69) is 22.6 Å². The Morgan fingerprint density at radius 2 is 2.21 bits per heavy atom. The van der Waals surface area contributed by atoms with Crippen molar-refractivity contribution in [3.8, 4) is 0 Å². The van der Waals surface area contributed by atoms with Crippen LogP contribution >= 0.6 is 0 Å². The lowest BCUT2D eigenvalue weighted by molar-refractivity contribution is 0.196. The third kappa shape index (κ3) is 4.23. The molecule has 5 heteroatoms. The van der Waals surface area contributed by atoms with Gasteiger partial charge < -0.3 is 10.6 Å². The van der Waals surface area contributed by atoms with Gasteiger partial charge >= 0.3 is 0 Å². The minimum atomic E-state index is -0.786. The molecule has 1 aliphatic heterocycles. The summed E-state index contributed by atoms with van der Waals surface area (Å²) < 4.78 is 25.8. The molecular formula is C14H21F2N3. The van der Waals surface area contributed by atoms with Gasteiger partial charge in [-0.2, -0.15) is 0 Å². The van der Waals surface area contributed by atoms with Crippen LogP contribution in [0, 0.1) is 11.6 Å². The first-order chi connectivity index (χ1) is 9.16. The zero-order valence-electron chi connectivity index (χ0n) is 11.3. The zero-order chi connectivity index (χ0) is 13.7. The Morgan fingerprint density at radius 1 is 1.37 bits per heavy atom. The van der Waals surface area contributed by atoms with Crippen molar-refractivity contribution in [2.24, 2.45) is 0 Å². The number of hydrogen-bond acceptors (Lipinski definition) is 3. The fraction of sp³-hybridized carbons (Fsp3) is 0.571. The molecule has 0 aromatic heterocycles. The summed E-state index contributed by atoms with van der Waals surface area (Å²) in [6.45, 7) is 4.79. The average molecular weight is 269 g/mol. The Labute approximate surface area is 113 Å². The fourth-order valence-electron chi connectivity index (χ4n) is 2.29. The molecule has 0 saturated carbocycles. The number of piperazine rings is 1. The summed E-state index contributed by atoms with van der Waals surface area (Å²) in [6.07, 6.45) is 0.709. The molecule has 1 aromatic rings. The van der Waals surface area contributed by atoms with Crippen LogP contribution in [0.1, 0.15) is 5.56 Å². The minimum Gasteiger partial charge on any atom is -0.315 e. The van der Waals surface area contributed by atoms with Gasteiger partial charge in [-0.25, -0.2) is 8.78 Å². The van der Waals surface area contributed by atoms with Crippen molar-refractivity contribution in [2.75, 3.05) is 39.8 Å². The molecule has 2 rings (SSSR count). The molecule has 0 bridgehead atoms. The molecule has 0 spiro atoms. The van der Waals surface area contributed by atoms with Gasteiger partial charge in [0.2, 0.25) is 0 Å². The van der Waals surface area contributed by atoms with Crippen LogP contribution in [0.3, 0.4) is 0 Å². The third-order valence-corrected chi connectivity index (χ3v) is 3.60. The van der Waals surface area contributed by atoms with E-state index in [-0.39, 0.29) is 0 Å². The van der Waals surface area contributed by atoms with Crippen LogP contribution < -0.4 is 10.6 Å². The number of rotatable bonds is 5. The number of halogens is 2. The Hall–Kier alpha value is -1.04. The zero-order valence-corrected chi connectivity index (χ0v) is 11.3. The summed E-state index contributed by atoms with van der Waals surface area (Å²) in [6, 6.07) is 4.59. The average Bonchev–Trinajstić information content (AvgIpc) is 2.40. The van der Waals surface area contributed by atoms with Gasteiger partial charge in [0.1, 0.15) is 0 Å². The molecule has 1 aliphatic rings. The highest BCUT2D eigenvalue weighted by Crippen LogP contribution is 2.08. The van der Waals surface area contributed by atoms with E-state index in [1.807, 2.05) is 0 Å². The standard InChI is InChI=1S/C14H21F2N3/c1-19-7-6-18-10-12(19)9-17-5-4-11-2-3-13(15)14(16)8-11/h2-3,8,12,17-18H,4-7,9-10H2,1H3. The summed E-state index contributed by atoms with van der Waals surface area (Å²) in [5.41, 5.74) is 0.821. The first-order valence-electron chi connectivity index (χ1n) is 6.72. The monoisotopic (exact) mass is 269 g/mol. The molecule has 106 valence electrons. The second-order valence-corrected chi connectivity index (χ2v) is 5.04. The van der Waals surface area contributed by atoms with Gasteiger partial charge in [0, 0.05) is 32.2 Å². The molecule has 3 nitrogen and oxygen atoms in total. The Kier molecular flexibility index (Phi) is 5.24. The van der Waals surface area contributed by atoms with E-state index >= 15 is 0 Å². The van der Waals surface area contributed by atoms with Crippen molar-refractivity contribution >= 4 is 0 Å². The van der Waals surface area contributed by atoms with Crippen molar-refractivity contribution in [1.82, 2.24) is 15.5 Å². The fourth-order valence-corrected chi connectivity index (χ4v) is 2.29. The van der Waals surface area contributed by atoms with Crippen molar-refractivity contribution in [3.05, 3.63) is 35.4 Å². The van der Waals surface area contributed by atoms with Crippen LogP contribution in [0.2, 0.25) is 0 Å². The van der Waals surface area contributed by atoms with Crippen molar-refractivity contribution in [2.45, 2.75) is 12.5 Å². The van der Waals surface area contributed by atoms with Crippen molar-refractivity contribution in [3.63, 3.8) is 0 Å². The molecule has 1 atom stereocenters. The maximum Gasteiger partial charge on any atom is 0.159 e. The lowest BCUT2D eigenvalue weighted by Gasteiger charge is -2.33. The van der Waals surface area contributed by atoms with Crippen LogP contribution in [-0.4, -0.2) is 50.7 Å². The molecule has 19 heavy (non-hydrogen) atoms. The second-order valence-electron chi connectivity index (χ2n) is 5.04. The predicted molar refractivity (Wildman–Crippen MR) is 72.2 cm³/mol. The Morgan fingerprint density at radius 3 is 2.95 bits per heavy atom. The van der Waals surface area contributed by atoms with E-state index in [1.165, 1.54) is 12.1 Å². The van der Waals surface area contributed by atoms with Crippen LogP contribution in [0.25, 0.3) is 0 Å². The van der Waals surface area contributed by atoms with Crippen molar-refractivity contribution in [1.29, 1.82) is 0 Å². The van der Waals surface area contributed by atoms with E-state index in [9.17, 15) is 8.78 Å². The highest BCUT2D eigenvalue weighted by Gasteiger charge is 2.17. The first kappa shape index (κ1) is 14.4. The van der Waals surface area contributed by atoms with Crippen LogP contribution in [0.15, 0.2) is 18.2 Å². The summed E-state index contributed by atoms with van der Waals surface area (Å²) in [5.74, 6) is -1.56. The van der Waals surface area contributed by atoms with Crippen LogP contribution in [-0.2, 0) is 6.42 Å². The smallest absolute Gasteiger partial charge is 0.159 e. The van der Waals surface area contributed by atoms with Gasteiger partial charge in [-0.15, -0.1) is 0 Å². The van der Waals surface area contributed by atoms with Gasteiger partial charge in [0.25, 0.3) is 0 Å². The van der Waals surface area contributed by atoms with E-state index in [1.54, 1.807) is 6.07 Å². The highest BCUT2D eigenvalue weighted by molar-refractivity contribution is 5.18. The van der Waals surface area contributed by atoms with Gasteiger partial charge in [-0.05, 0) is 37.7 Å². The van der Waals surface area contributed by atoms with Crippen LogP contribution in [0.4, 0.5) is 8.78 Å². The predicted octanol–water partition coefficient (Wildman–Crippen LogP) is 1.00. The molecule has 1 saturated heterocycles. The van der Waals surface area contributed by atoms with E-state index < -0.39 is 11.6 Å². The van der Waals surface area contributed by atoms with Gasteiger partial charge in [-0.3, -0.25) is 4.90 Å². The molecule has 2 N–H and O–H groups in total. The molecule has 1 aromatic carbocycles. The van der Waals surface area contributed by atoms with Gasteiger partial charge in [0.05, 0.1) is 0 Å². The first-order valence-corrected chi connectivity index (χ1v) is 6.72. The van der Waals surface area contributed by atoms with Crippen molar-refractivity contribution < 1.29 is 8.78 Å². The molecule has 0 radical (unpaired) electrons. The topological polar surface area (TPSA) is 27.3 Å². The number of hydrogen-bond donors (Lipinski definition) is 2. The maximum absolute atomic E-state index is 13.0. The quantitative estimate of drug-likeness (QED) is 0.781. The summed E-state index contributed by atoms with van der Waals surface area (Å²) in [4.78, 5) is 2.33. The normalized spacial score (nSPS) is 20.7. The molecule has 1 heterocycles. The number of likely N-dealkylation sites (N-methyl/N-ethyl adjacent to an activating group) is 1. The summed E-state index contributed by atoms with van der Waals surface area (Å²) >= 11 is 0. The summed E-state index contributed by atoms with van der Waals surface area (Å²) in [7, 11) is 2.13. The molecule has 0 amide bonds. The lowest BCUT2D eigenvalue weighted by atomic mass is 10.1. The molecular weight excluding hydrogens is 248 g/mol.